The number of benzene rings is 3. The van der Waals surface area contributed by atoms with Crippen molar-refractivity contribution in [2.24, 2.45) is 4.99 Å². The molecule has 0 fully saturated rings. The number of nitro groups is 1. The molecule has 2 heterocycles. The molecule has 46 heavy (non-hydrogen) atoms. The second kappa shape index (κ2) is 14.6. The Hall–Kier alpha value is -6.03. The van der Waals surface area contributed by atoms with Crippen LogP contribution >= 0.6 is 0 Å². The first-order valence-corrected chi connectivity index (χ1v) is 14.6. The molecule has 13 heteroatoms. The van der Waals surface area contributed by atoms with Crippen molar-refractivity contribution in [3.05, 3.63) is 105 Å². The van der Waals surface area contributed by atoms with Gasteiger partial charge in [-0.25, -0.2) is 4.79 Å². The van der Waals surface area contributed by atoms with Crippen LogP contribution in [-0.4, -0.2) is 58.3 Å². The van der Waals surface area contributed by atoms with Crippen LogP contribution in [0.2, 0.25) is 0 Å². The average Bonchev–Trinajstić information content (AvgIpc) is 3.49. The Morgan fingerprint density at radius 1 is 1.09 bits per heavy atom. The molecule has 5 rings (SSSR count). The average molecular weight is 622 g/mol. The molecule has 1 N–H and O–H groups in total. The Bertz CT molecular complexity index is 1810. The number of likely N-dealkylation sites (N-methyl/N-ethyl adjacent to an activating group) is 1. The van der Waals surface area contributed by atoms with Gasteiger partial charge in [0.25, 0.3) is 0 Å². The summed E-state index contributed by atoms with van der Waals surface area (Å²) in [4.78, 5) is 39.9. The molecule has 0 saturated carbocycles. The molecule has 0 radical (unpaired) electrons. The van der Waals surface area contributed by atoms with E-state index in [4.69, 9.17) is 14.2 Å². The fraction of sp³-hybridized carbons (Fsp3) is 0.242. The molecule has 0 atom stereocenters. The lowest BCUT2D eigenvalue weighted by Crippen LogP contribution is -2.23. The lowest BCUT2D eigenvalue weighted by molar-refractivity contribution is -0.385. The SMILES string of the molecule is CCCCOC(=O)c1ccc(C#N)cc1Oc1nc(Oc2cccc(C3=NCCN3C)c2)nc(NCc2ccccc2)c1[N+](=O)[O-]. The molecule has 234 valence electrons. The summed E-state index contributed by atoms with van der Waals surface area (Å²) in [6.45, 7) is 3.80. The van der Waals surface area contributed by atoms with Gasteiger partial charge in [-0.2, -0.15) is 15.2 Å². The van der Waals surface area contributed by atoms with E-state index in [1.807, 2.05) is 61.3 Å². The summed E-state index contributed by atoms with van der Waals surface area (Å²) in [7, 11) is 1.95. The molecule has 1 aliphatic rings. The number of unbranched alkanes of at least 4 members (excludes halogenated alkanes) is 1. The normalized spacial score (nSPS) is 12.2. The number of nitriles is 1. The van der Waals surface area contributed by atoms with Crippen molar-refractivity contribution in [1.29, 1.82) is 5.26 Å². The highest BCUT2D eigenvalue weighted by Gasteiger charge is 2.30. The first kappa shape index (κ1) is 31.4. The maximum absolute atomic E-state index is 12.9. The number of anilines is 1. The van der Waals surface area contributed by atoms with E-state index in [1.165, 1.54) is 18.2 Å². The maximum Gasteiger partial charge on any atom is 0.373 e. The van der Waals surface area contributed by atoms with E-state index in [2.05, 4.69) is 20.3 Å². The highest BCUT2D eigenvalue weighted by Crippen LogP contribution is 2.39. The highest BCUT2D eigenvalue weighted by atomic mass is 16.6. The van der Waals surface area contributed by atoms with E-state index >= 15 is 0 Å². The molecule has 4 aromatic rings. The van der Waals surface area contributed by atoms with Crippen molar-refractivity contribution in [3.8, 4) is 29.5 Å². The van der Waals surface area contributed by atoms with Crippen LogP contribution in [0.15, 0.2) is 77.8 Å². The molecule has 1 aliphatic heterocycles. The van der Waals surface area contributed by atoms with Gasteiger partial charge in [0.1, 0.15) is 22.9 Å². The van der Waals surface area contributed by atoms with Crippen molar-refractivity contribution >= 4 is 23.3 Å². The number of nitrogens with one attached hydrogen (secondary N) is 1. The fourth-order valence-electron chi connectivity index (χ4n) is 4.59. The summed E-state index contributed by atoms with van der Waals surface area (Å²) >= 11 is 0. The van der Waals surface area contributed by atoms with E-state index in [0.717, 1.165) is 29.9 Å². The minimum atomic E-state index is -0.708. The molecule has 3 aromatic carbocycles. The zero-order valence-corrected chi connectivity index (χ0v) is 25.3. The Labute approximate surface area is 265 Å². The van der Waals surface area contributed by atoms with Crippen molar-refractivity contribution in [3.63, 3.8) is 0 Å². The fourth-order valence-corrected chi connectivity index (χ4v) is 4.59. The zero-order chi connectivity index (χ0) is 32.5. The molecule has 0 amide bonds. The van der Waals surface area contributed by atoms with Gasteiger partial charge < -0.3 is 24.4 Å². The summed E-state index contributed by atoms with van der Waals surface area (Å²) in [6, 6.07) is 22.2. The van der Waals surface area contributed by atoms with Gasteiger partial charge in [0, 0.05) is 25.7 Å². The van der Waals surface area contributed by atoms with Crippen LogP contribution in [0.3, 0.4) is 0 Å². The minimum Gasteiger partial charge on any atom is -0.462 e. The largest absolute Gasteiger partial charge is 0.462 e. The summed E-state index contributed by atoms with van der Waals surface area (Å²) in [6.07, 6.45) is 1.46. The third-order valence-electron chi connectivity index (χ3n) is 6.95. The number of aliphatic imine (C=N–C) groups is 1. The van der Waals surface area contributed by atoms with E-state index in [-0.39, 0.29) is 41.9 Å². The third kappa shape index (κ3) is 7.54. The summed E-state index contributed by atoms with van der Waals surface area (Å²) < 4.78 is 17.4. The molecular formula is C33H31N7O6. The van der Waals surface area contributed by atoms with Crippen LogP contribution in [0.1, 0.15) is 46.8 Å². The zero-order valence-electron chi connectivity index (χ0n) is 25.3. The van der Waals surface area contributed by atoms with Gasteiger partial charge in [-0.3, -0.25) is 15.1 Å². The number of nitrogens with zero attached hydrogens (tertiary/aromatic N) is 6. The molecule has 0 bridgehead atoms. The molecule has 1 aromatic heterocycles. The van der Waals surface area contributed by atoms with Gasteiger partial charge in [0.15, 0.2) is 0 Å². The van der Waals surface area contributed by atoms with E-state index in [1.54, 1.807) is 18.2 Å². The lowest BCUT2D eigenvalue weighted by atomic mass is 10.1. The highest BCUT2D eigenvalue weighted by molar-refractivity contribution is 6.00. The van der Waals surface area contributed by atoms with E-state index in [0.29, 0.717) is 18.7 Å². The molecule has 0 unspecified atom stereocenters. The predicted molar refractivity (Wildman–Crippen MR) is 169 cm³/mol. The minimum absolute atomic E-state index is 0.0292. The smallest absolute Gasteiger partial charge is 0.373 e. The quantitative estimate of drug-likeness (QED) is 0.0793. The number of hydrogen-bond acceptors (Lipinski definition) is 12. The van der Waals surface area contributed by atoms with Crippen molar-refractivity contribution in [2.45, 2.75) is 26.3 Å². The standard InChI is InChI=1S/C33H31N7O6/c1-3-4-17-44-32(41)26-14-13-23(20-34)18-27(26)46-31-28(40(42)43)29(36-21-22-9-6-5-7-10-22)37-33(38-31)45-25-12-8-11-24(19-25)30-35-15-16-39(30)2/h5-14,18-19H,3-4,15-17,21H2,1-2H3,(H,36,37,38). The van der Waals surface area contributed by atoms with Crippen molar-refractivity contribution in [1.82, 2.24) is 14.9 Å². The Morgan fingerprint density at radius 3 is 2.63 bits per heavy atom. The lowest BCUT2D eigenvalue weighted by Gasteiger charge is -2.15. The summed E-state index contributed by atoms with van der Waals surface area (Å²) in [5.74, 6) is -0.361. The topological polar surface area (TPSA) is 165 Å². The van der Waals surface area contributed by atoms with Gasteiger partial charge in [0.05, 0.1) is 29.7 Å². The van der Waals surface area contributed by atoms with Gasteiger partial charge in [-0.15, -0.1) is 0 Å². The number of amidine groups is 1. The van der Waals surface area contributed by atoms with Crippen LogP contribution in [-0.2, 0) is 11.3 Å². The van der Waals surface area contributed by atoms with Gasteiger partial charge in [-0.1, -0.05) is 55.8 Å². The second-order valence-corrected chi connectivity index (χ2v) is 10.3. The van der Waals surface area contributed by atoms with Crippen LogP contribution in [0, 0.1) is 21.4 Å². The molecule has 0 aliphatic carbocycles. The van der Waals surface area contributed by atoms with Crippen LogP contribution < -0.4 is 14.8 Å². The van der Waals surface area contributed by atoms with E-state index < -0.39 is 22.5 Å². The molecular weight excluding hydrogens is 590 g/mol. The number of rotatable bonds is 13. The molecule has 0 spiro atoms. The molecule has 0 saturated heterocycles. The monoisotopic (exact) mass is 621 g/mol. The van der Waals surface area contributed by atoms with Gasteiger partial charge in [0.2, 0.25) is 5.82 Å². The van der Waals surface area contributed by atoms with Crippen LogP contribution in [0.5, 0.6) is 23.4 Å². The first-order valence-electron chi connectivity index (χ1n) is 14.6. The number of esters is 1. The predicted octanol–water partition coefficient (Wildman–Crippen LogP) is 6.10. The number of carbonyl (C=O) groups excluding carboxylic acids is 1. The first-order chi connectivity index (χ1) is 22.4. The Kier molecular flexibility index (Phi) is 9.99. The number of aromatic nitrogens is 2. The van der Waals surface area contributed by atoms with Crippen LogP contribution in [0.25, 0.3) is 0 Å². The third-order valence-corrected chi connectivity index (χ3v) is 6.95. The second-order valence-electron chi connectivity index (χ2n) is 10.3. The van der Waals surface area contributed by atoms with Crippen LogP contribution in [0.4, 0.5) is 11.5 Å². The van der Waals surface area contributed by atoms with Crippen molar-refractivity contribution in [2.75, 3.05) is 32.1 Å². The summed E-state index contributed by atoms with van der Waals surface area (Å²) in [5, 5.41) is 25.0. The van der Waals surface area contributed by atoms with Crippen molar-refractivity contribution < 1.29 is 23.9 Å². The maximum atomic E-state index is 12.9. The number of ether oxygens (including phenoxy) is 3. The Morgan fingerprint density at radius 2 is 1.91 bits per heavy atom. The number of hydrogen-bond donors (Lipinski definition) is 1. The Balaban J connectivity index is 1.56. The van der Waals surface area contributed by atoms with Gasteiger partial charge >= 0.3 is 23.5 Å². The summed E-state index contributed by atoms with van der Waals surface area (Å²) in [5.41, 5.74) is 1.20. The van der Waals surface area contributed by atoms with E-state index in [9.17, 15) is 20.2 Å². The molecule has 13 nitrogen and oxygen atoms in total. The number of carbonyl (C=O) groups is 1. The van der Waals surface area contributed by atoms with Gasteiger partial charge in [-0.05, 0) is 42.3 Å².